The van der Waals surface area contributed by atoms with Gasteiger partial charge in [0, 0.05) is 19.2 Å². The molecule has 0 fully saturated rings. The summed E-state index contributed by atoms with van der Waals surface area (Å²) in [4.78, 5) is 34.5. The van der Waals surface area contributed by atoms with E-state index < -0.39 is 0 Å². The first-order valence-corrected chi connectivity index (χ1v) is 5.39. The molecule has 1 aliphatic rings. The van der Waals surface area contributed by atoms with Gasteiger partial charge >= 0.3 is 24.9 Å². The van der Waals surface area contributed by atoms with Crippen molar-refractivity contribution in [2.24, 2.45) is 0 Å². The van der Waals surface area contributed by atoms with Crippen LogP contribution in [0, 0.1) is 20.8 Å². The van der Waals surface area contributed by atoms with Crippen LogP contribution in [0.1, 0.15) is 0 Å². The first kappa shape index (κ1) is 20.1. The van der Waals surface area contributed by atoms with Crippen LogP contribution in [-0.4, -0.2) is 54.3 Å². The van der Waals surface area contributed by atoms with E-state index in [1.54, 1.807) is 7.05 Å². The largest absolute Gasteiger partial charge is 1.00 e. The molecule has 1 N–H and O–H groups in total. The van der Waals surface area contributed by atoms with Gasteiger partial charge in [-0.3, -0.25) is 9.59 Å². The van der Waals surface area contributed by atoms with E-state index in [1.165, 1.54) is 17.1 Å². The zero-order chi connectivity index (χ0) is 14.1. The van der Waals surface area contributed by atoms with E-state index in [0.29, 0.717) is 13.1 Å². The normalized spacial score (nSPS) is 12.5. The second kappa shape index (κ2) is 10.6. The molecule has 0 unspecified atom stereocenters. The molecule has 4 amide bonds. The van der Waals surface area contributed by atoms with Crippen molar-refractivity contribution < 1.29 is 33.2 Å². The minimum atomic E-state index is -0.269. The number of carbonyl (C=O) groups excluding carboxylic acids is 3. The van der Waals surface area contributed by atoms with Gasteiger partial charge in [0.2, 0.25) is 0 Å². The zero-order valence-electron chi connectivity index (χ0n) is 11.5. The monoisotopic (exact) mass is 259 g/mol. The van der Waals surface area contributed by atoms with Crippen LogP contribution in [0.3, 0.4) is 0 Å². The van der Waals surface area contributed by atoms with Crippen molar-refractivity contribution in [3.8, 4) is 0 Å². The summed E-state index contributed by atoms with van der Waals surface area (Å²) in [5.41, 5.74) is 0. The fraction of sp³-hybridized carbons (Fsp3) is 0.333. The van der Waals surface area contributed by atoms with Crippen LogP contribution in [0.4, 0.5) is 4.79 Å². The van der Waals surface area contributed by atoms with Crippen molar-refractivity contribution in [3.05, 3.63) is 32.9 Å². The number of amides is 4. The van der Waals surface area contributed by atoms with Gasteiger partial charge in [-0.15, -0.1) is 13.1 Å². The fourth-order valence-electron chi connectivity index (χ4n) is 1.12. The molecule has 7 heteroatoms. The standard InChI is InChI=1S/C6H12N2O.C6H6NO2.Li/c1-4-8(5-2)6(9)7-3;1-2-7-5(8)3-4-6(7)9;/h1-2,4-5H2,3H3,(H,7,9);3-4H,1-2H2;/q-2;-1;+1. The van der Waals surface area contributed by atoms with Gasteiger partial charge in [-0.05, 0) is 0 Å². The first-order chi connectivity index (χ1) is 8.51. The number of nitrogens with zero attached hydrogens (tertiary/aromatic N) is 2. The molecule has 1 rings (SSSR count). The molecule has 0 bridgehead atoms. The second-order valence-corrected chi connectivity index (χ2v) is 3.20. The quantitative estimate of drug-likeness (QED) is 0.334. The summed E-state index contributed by atoms with van der Waals surface area (Å²) < 4.78 is 0. The second-order valence-electron chi connectivity index (χ2n) is 3.20. The van der Waals surface area contributed by atoms with Crippen LogP contribution in [0.25, 0.3) is 0 Å². The summed E-state index contributed by atoms with van der Waals surface area (Å²) in [6, 6.07) is -0.125. The minimum Gasteiger partial charge on any atom is -0.385 e. The van der Waals surface area contributed by atoms with E-state index in [2.05, 4.69) is 26.1 Å². The third-order valence-corrected chi connectivity index (χ3v) is 2.17. The molecule has 0 atom stereocenters. The van der Waals surface area contributed by atoms with Gasteiger partial charge in [0.25, 0.3) is 11.8 Å². The van der Waals surface area contributed by atoms with E-state index in [4.69, 9.17) is 0 Å². The maximum Gasteiger partial charge on any atom is 1.00 e. The van der Waals surface area contributed by atoms with Gasteiger partial charge in [0.1, 0.15) is 0 Å². The van der Waals surface area contributed by atoms with E-state index >= 15 is 0 Å². The third-order valence-electron chi connectivity index (χ3n) is 2.17. The van der Waals surface area contributed by atoms with Gasteiger partial charge < -0.3 is 35.9 Å². The predicted molar refractivity (Wildman–Crippen MR) is 68.0 cm³/mol. The molecule has 1 heterocycles. The number of rotatable bonds is 3. The molecule has 0 spiro atoms. The number of nitrogens with one attached hydrogen (secondary N) is 1. The molecule has 102 valence electrons. The first-order valence-electron chi connectivity index (χ1n) is 5.39. The van der Waals surface area contributed by atoms with Crippen molar-refractivity contribution in [2.75, 3.05) is 26.7 Å². The van der Waals surface area contributed by atoms with Crippen molar-refractivity contribution in [1.29, 1.82) is 0 Å². The zero-order valence-corrected chi connectivity index (χ0v) is 11.5. The van der Waals surface area contributed by atoms with Crippen molar-refractivity contribution in [1.82, 2.24) is 15.1 Å². The van der Waals surface area contributed by atoms with Gasteiger partial charge in [-0.1, -0.05) is 6.54 Å². The summed E-state index contributed by atoms with van der Waals surface area (Å²) in [6.45, 7) is 11.7. The van der Waals surface area contributed by atoms with Gasteiger partial charge in [0.15, 0.2) is 0 Å². The van der Waals surface area contributed by atoms with Gasteiger partial charge in [-0.25, -0.2) is 4.79 Å². The summed E-state index contributed by atoms with van der Waals surface area (Å²) in [6.07, 6.45) is 2.49. The summed E-state index contributed by atoms with van der Waals surface area (Å²) >= 11 is 0. The minimum absolute atomic E-state index is 0. The van der Waals surface area contributed by atoms with E-state index in [9.17, 15) is 14.4 Å². The average Bonchev–Trinajstić information content (AvgIpc) is 2.70. The van der Waals surface area contributed by atoms with Gasteiger partial charge in [0.05, 0.1) is 0 Å². The molecular weight excluding hydrogens is 241 g/mol. The van der Waals surface area contributed by atoms with Crippen molar-refractivity contribution in [2.45, 2.75) is 0 Å². The molecular formula is C12H18LiN3O3-2. The fourth-order valence-corrected chi connectivity index (χ4v) is 1.12. The summed E-state index contributed by atoms with van der Waals surface area (Å²) in [5.74, 6) is -0.537. The molecule has 0 saturated carbocycles. The Kier molecular flexibility index (Phi) is 11.3. The smallest absolute Gasteiger partial charge is 0.385 e. The SMILES string of the molecule is [CH2-]CN(C[CH2-])C(=O)NC.[CH2-]CN1C(=O)C=CC1=O.[Li+]. The molecule has 0 aromatic rings. The maximum absolute atomic E-state index is 10.7. The number of imide groups is 1. The van der Waals surface area contributed by atoms with E-state index in [1.807, 2.05) is 0 Å². The van der Waals surface area contributed by atoms with E-state index in [0.717, 1.165) is 4.90 Å². The molecule has 6 nitrogen and oxygen atoms in total. The van der Waals surface area contributed by atoms with Gasteiger partial charge in [-0.2, -0.15) is 0 Å². The molecule has 0 saturated heterocycles. The number of hydrogen-bond acceptors (Lipinski definition) is 3. The predicted octanol–water partition coefficient (Wildman–Crippen LogP) is -2.95. The van der Waals surface area contributed by atoms with Crippen LogP contribution in [-0.2, 0) is 9.59 Å². The third kappa shape index (κ3) is 6.46. The average molecular weight is 259 g/mol. The van der Waals surface area contributed by atoms with Crippen LogP contribution < -0.4 is 24.2 Å². The number of hydrogen-bond donors (Lipinski definition) is 1. The number of urea groups is 1. The van der Waals surface area contributed by atoms with Crippen LogP contribution >= 0.6 is 0 Å². The molecule has 0 radical (unpaired) electrons. The Morgan fingerprint density at radius 2 is 1.63 bits per heavy atom. The molecule has 0 aromatic heterocycles. The maximum atomic E-state index is 10.7. The summed E-state index contributed by atoms with van der Waals surface area (Å²) in [5, 5.41) is 2.47. The van der Waals surface area contributed by atoms with Crippen LogP contribution in [0.5, 0.6) is 0 Å². The summed E-state index contributed by atoms with van der Waals surface area (Å²) in [7, 11) is 1.58. The molecule has 1 aliphatic heterocycles. The van der Waals surface area contributed by atoms with Crippen LogP contribution in [0.15, 0.2) is 12.2 Å². The Morgan fingerprint density at radius 1 is 1.21 bits per heavy atom. The topological polar surface area (TPSA) is 69.7 Å². The Labute approximate surface area is 126 Å². The van der Waals surface area contributed by atoms with Crippen molar-refractivity contribution >= 4 is 17.8 Å². The number of carbonyl (C=O) groups is 3. The Bertz CT molecular complexity index is 323. The Hall–Kier alpha value is -1.25. The van der Waals surface area contributed by atoms with Crippen LogP contribution in [0.2, 0.25) is 0 Å². The molecule has 0 aliphatic carbocycles. The molecule has 0 aromatic carbocycles. The molecule has 19 heavy (non-hydrogen) atoms. The Balaban J connectivity index is 0. The van der Waals surface area contributed by atoms with E-state index in [-0.39, 0.29) is 43.3 Å². The van der Waals surface area contributed by atoms with Crippen molar-refractivity contribution in [3.63, 3.8) is 0 Å². The Morgan fingerprint density at radius 3 is 1.79 bits per heavy atom.